The third-order valence-electron chi connectivity index (χ3n) is 5.90. The molecule has 1 aliphatic carbocycles. The van der Waals surface area contributed by atoms with Crippen molar-refractivity contribution in [2.45, 2.75) is 31.7 Å². The predicted octanol–water partition coefficient (Wildman–Crippen LogP) is 4.05. The Bertz CT molecular complexity index is 711. The molecule has 5 rings (SSSR count). The van der Waals surface area contributed by atoms with Gasteiger partial charge in [0.15, 0.2) is 0 Å². The first kappa shape index (κ1) is 12.0. The van der Waals surface area contributed by atoms with Crippen molar-refractivity contribution in [2.24, 2.45) is 11.8 Å². The highest BCUT2D eigenvalue weighted by atomic mass is 15.2. The van der Waals surface area contributed by atoms with Crippen LogP contribution in [0.2, 0.25) is 0 Å². The van der Waals surface area contributed by atoms with E-state index in [-0.39, 0.29) is 0 Å². The van der Waals surface area contributed by atoms with Gasteiger partial charge in [-0.15, -0.1) is 0 Å². The summed E-state index contributed by atoms with van der Waals surface area (Å²) < 4.78 is 0. The first-order valence-electron chi connectivity index (χ1n) is 8.40. The molecule has 1 fully saturated rings. The van der Waals surface area contributed by atoms with Crippen molar-refractivity contribution < 1.29 is 0 Å². The summed E-state index contributed by atoms with van der Waals surface area (Å²) in [5.74, 6) is 1.69. The Morgan fingerprint density at radius 2 is 2.00 bits per heavy atom. The maximum atomic E-state index is 3.79. The zero-order chi connectivity index (χ0) is 13.8. The van der Waals surface area contributed by atoms with Gasteiger partial charge in [0.25, 0.3) is 0 Å². The lowest BCUT2D eigenvalue weighted by Crippen LogP contribution is -2.25. The molecule has 2 heteroatoms. The van der Waals surface area contributed by atoms with E-state index >= 15 is 0 Å². The fraction of sp³-hybridized carbons (Fsp3) is 0.474. The van der Waals surface area contributed by atoms with Crippen molar-refractivity contribution in [1.29, 1.82) is 0 Å². The molecule has 21 heavy (non-hydrogen) atoms. The quantitative estimate of drug-likeness (QED) is 0.720. The summed E-state index contributed by atoms with van der Waals surface area (Å²) in [6.07, 6.45) is 9.91. The summed E-state index contributed by atoms with van der Waals surface area (Å²) in [6.45, 7) is 2.57. The van der Waals surface area contributed by atoms with Gasteiger partial charge >= 0.3 is 0 Å². The summed E-state index contributed by atoms with van der Waals surface area (Å²) in [5.41, 5.74) is 4.48. The largest absolute Gasteiger partial charge is 0.357 e. The number of H-pyrrole nitrogens is 1. The summed E-state index contributed by atoms with van der Waals surface area (Å²) in [4.78, 5) is 6.56. The average Bonchev–Trinajstić information content (AvgIpc) is 3.00. The molecular formula is C19H22N2. The zero-order valence-corrected chi connectivity index (χ0v) is 12.4. The first-order chi connectivity index (χ1) is 10.4. The highest BCUT2D eigenvalue weighted by Crippen LogP contribution is 2.48. The maximum absolute atomic E-state index is 3.79. The molecule has 3 atom stereocenters. The lowest BCUT2D eigenvalue weighted by molar-refractivity contribution is 0.229. The number of aryl methyl sites for hydroxylation is 1. The second kappa shape index (κ2) is 4.48. The van der Waals surface area contributed by atoms with Gasteiger partial charge in [0.05, 0.1) is 6.04 Å². The lowest BCUT2D eigenvalue weighted by atomic mass is 9.80. The normalized spacial score (nSPS) is 31.7. The number of aromatic nitrogens is 1. The number of fused-ring (bicyclic) bond motifs is 7. The Balaban J connectivity index is 1.69. The van der Waals surface area contributed by atoms with Crippen LogP contribution in [0.25, 0.3) is 10.9 Å². The molecule has 108 valence electrons. The van der Waals surface area contributed by atoms with E-state index in [4.69, 9.17) is 0 Å². The summed E-state index contributed by atoms with van der Waals surface area (Å²) in [6, 6.07) is 9.50. The van der Waals surface area contributed by atoms with Crippen LogP contribution in [0.4, 0.5) is 0 Å². The molecule has 1 saturated heterocycles. The highest BCUT2D eigenvalue weighted by molar-refractivity contribution is 5.85. The Kier molecular flexibility index (Phi) is 2.57. The third kappa shape index (κ3) is 1.69. The minimum Gasteiger partial charge on any atom is -0.357 e. The molecule has 2 aromatic rings. The van der Waals surface area contributed by atoms with Crippen LogP contribution in [0.1, 0.15) is 36.6 Å². The molecule has 2 nitrogen and oxygen atoms in total. The van der Waals surface area contributed by atoms with Crippen LogP contribution in [0.5, 0.6) is 0 Å². The van der Waals surface area contributed by atoms with Crippen LogP contribution >= 0.6 is 0 Å². The number of benzene rings is 1. The van der Waals surface area contributed by atoms with Crippen LogP contribution in [0.3, 0.4) is 0 Å². The fourth-order valence-corrected chi connectivity index (χ4v) is 5.00. The molecule has 3 aliphatic rings. The molecule has 0 unspecified atom stereocenters. The highest BCUT2D eigenvalue weighted by Gasteiger charge is 2.44. The van der Waals surface area contributed by atoms with E-state index in [1.165, 1.54) is 55.4 Å². The minimum absolute atomic E-state index is 0.629. The Morgan fingerprint density at radius 1 is 1.10 bits per heavy atom. The van der Waals surface area contributed by atoms with Gasteiger partial charge in [0.1, 0.15) is 0 Å². The molecule has 0 bridgehead atoms. The van der Waals surface area contributed by atoms with Gasteiger partial charge in [-0.1, -0.05) is 30.4 Å². The molecule has 0 spiro atoms. The Morgan fingerprint density at radius 3 is 3.00 bits per heavy atom. The average molecular weight is 278 g/mol. The van der Waals surface area contributed by atoms with E-state index in [1.807, 2.05) is 0 Å². The van der Waals surface area contributed by atoms with E-state index in [0.29, 0.717) is 6.04 Å². The van der Waals surface area contributed by atoms with Crippen molar-refractivity contribution >= 4 is 10.9 Å². The van der Waals surface area contributed by atoms with Crippen LogP contribution < -0.4 is 0 Å². The minimum atomic E-state index is 0.629. The number of hydrogen-bond donors (Lipinski definition) is 1. The number of nitrogens with zero attached hydrogens (tertiary/aromatic N) is 1. The fourth-order valence-electron chi connectivity index (χ4n) is 5.00. The molecule has 0 radical (unpaired) electrons. The lowest BCUT2D eigenvalue weighted by Gasteiger charge is -2.27. The second-order valence-corrected chi connectivity index (χ2v) is 6.97. The number of allylic oxidation sites excluding steroid dienone is 2. The standard InChI is InChI=1S/C19H22N2/c1-2-7-14-13(6-1)12-21-11-5-9-16-15-8-3-4-10-17(15)20-18(16)19(14)21/h1-4,8,10,13-14,19-20H,5-7,9,11-12H2/t13-,14+,19+/m0/s1. The molecule has 2 aliphatic heterocycles. The molecule has 1 aromatic carbocycles. The topological polar surface area (TPSA) is 19.0 Å². The van der Waals surface area contributed by atoms with Gasteiger partial charge in [-0.25, -0.2) is 0 Å². The Hall–Kier alpha value is -1.54. The molecule has 1 N–H and O–H groups in total. The summed E-state index contributed by atoms with van der Waals surface area (Å²) in [5, 5.41) is 1.46. The van der Waals surface area contributed by atoms with Crippen LogP contribution in [-0.4, -0.2) is 23.0 Å². The van der Waals surface area contributed by atoms with Crippen molar-refractivity contribution in [3.05, 3.63) is 47.7 Å². The molecular weight excluding hydrogens is 256 g/mol. The van der Waals surface area contributed by atoms with Crippen LogP contribution in [0.15, 0.2) is 36.4 Å². The summed E-state index contributed by atoms with van der Waals surface area (Å²) in [7, 11) is 0. The van der Waals surface area contributed by atoms with Gasteiger partial charge < -0.3 is 4.98 Å². The van der Waals surface area contributed by atoms with Gasteiger partial charge in [-0.05, 0) is 55.7 Å². The van der Waals surface area contributed by atoms with Crippen molar-refractivity contribution in [3.63, 3.8) is 0 Å². The van der Waals surface area contributed by atoms with Gasteiger partial charge in [0, 0.05) is 23.1 Å². The second-order valence-electron chi connectivity index (χ2n) is 6.97. The van der Waals surface area contributed by atoms with Gasteiger partial charge in [-0.3, -0.25) is 4.90 Å². The SMILES string of the molecule is C1=CC[C@@H]2[C@@H](C1)CN1CCCc3c([nH]c4ccccc34)[C@@H]21. The number of aromatic amines is 1. The zero-order valence-electron chi connectivity index (χ0n) is 12.4. The van der Waals surface area contributed by atoms with Gasteiger partial charge in [0.2, 0.25) is 0 Å². The molecule has 0 amide bonds. The Labute approximate surface area is 125 Å². The van der Waals surface area contributed by atoms with E-state index in [1.54, 1.807) is 5.56 Å². The predicted molar refractivity (Wildman–Crippen MR) is 86.3 cm³/mol. The monoisotopic (exact) mass is 278 g/mol. The van der Waals surface area contributed by atoms with Gasteiger partial charge in [-0.2, -0.15) is 0 Å². The van der Waals surface area contributed by atoms with E-state index in [0.717, 1.165) is 11.8 Å². The number of para-hydroxylation sites is 1. The summed E-state index contributed by atoms with van der Waals surface area (Å²) >= 11 is 0. The molecule has 3 heterocycles. The van der Waals surface area contributed by atoms with Crippen molar-refractivity contribution in [3.8, 4) is 0 Å². The van der Waals surface area contributed by atoms with Crippen molar-refractivity contribution in [1.82, 2.24) is 9.88 Å². The first-order valence-corrected chi connectivity index (χ1v) is 8.40. The van der Waals surface area contributed by atoms with Crippen LogP contribution in [0, 0.1) is 11.8 Å². The number of rotatable bonds is 0. The van der Waals surface area contributed by atoms with E-state index < -0.39 is 0 Å². The van der Waals surface area contributed by atoms with E-state index in [9.17, 15) is 0 Å². The molecule has 1 aromatic heterocycles. The maximum Gasteiger partial charge on any atom is 0.0536 e. The van der Waals surface area contributed by atoms with Crippen LogP contribution in [-0.2, 0) is 6.42 Å². The van der Waals surface area contributed by atoms with Crippen molar-refractivity contribution in [2.75, 3.05) is 13.1 Å². The van der Waals surface area contributed by atoms with E-state index in [2.05, 4.69) is 46.3 Å². The third-order valence-corrected chi connectivity index (χ3v) is 5.90. The molecule has 0 saturated carbocycles. The smallest absolute Gasteiger partial charge is 0.0536 e. The number of hydrogen-bond acceptors (Lipinski definition) is 1. The number of nitrogens with one attached hydrogen (secondary N) is 1.